The minimum Gasteiger partial charge on any atom is -0.351 e. The quantitative estimate of drug-likeness (QED) is 0.868. The van der Waals surface area contributed by atoms with Crippen LogP contribution in [0.15, 0.2) is 30.5 Å². The number of benzene rings is 1. The number of carbonyl (C=O) groups excluding carboxylic acids is 1. The molecule has 0 spiro atoms. The molecule has 0 saturated carbocycles. The molecule has 1 aromatic heterocycles. The van der Waals surface area contributed by atoms with Crippen molar-refractivity contribution in [2.75, 3.05) is 5.32 Å². The molecule has 4 nitrogen and oxygen atoms in total. The highest BCUT2D eigenvalue weighted by Gasteiger charge is 2.21. The Morgan fingerprint density at radius 3 is 2.45 bits per heavy atom. The molecule has 102 valence electrons. The number of Topliss-reactive ketones (excluding diaryl/α,β-unsaturated/α-hetero) is 1. The van der Waals surface area contributed by atoms with E-state index in [1.807, 2.05) is 6.92 Å². The molecule has 1 N–H and O–H groups in total. The number of anilines is 1. The van der Waals surface area contributed by atoms with E-state index in [9.17, 15) is 4.79 Å². The van der Waals surface area contributed by atoms with Crippen molar-refractivity contribution >= 4 is 11.7 Å². The van der Waals surface area contributed by atoms with Gasteiger partial charge in [-0.25, -0.2) is 9.97 Å². The largest absolute Gasteiger partial charge is 0.351 e. The summed E-state index contributed by atoms with van der Waals surface area (Å²) in [6.07, 6.45) is 3.59. The van der Waals surface area contributed by atoms with Gasteiger partial charge in [0, 0.05) is 12.2 Å². The first kappa shape index (κ1) is 12.8. The molecule has 1 heterocycles. The van der Waals surface area contributed by atoms with Crippen molar-refractivity contribution in [1.82, 2.24) is 9.97 Å². The van der Waals surface area contributed by atoms with Crippen molar-refractivity contribution in [1.29, 1.82) is 0 Å². The predicted octanol–water partition coefficient (Wildman–Crippen LogP) is 2.57. The number of fused-ring (bicyclic) bond motifs is 1. The molecule has 0 amide bonds. The number of hydrogen-bond acceptors (Lipinski definition) is 4. The van der Waals surface area contributed by atoms with Gasteiger partial charge in [0.2, 0.25) is 5.95 Å². The second-order valence-electron chi connectivity index (χ2n) is 5.27. The van der Waals surface area contributed by atoms with E-state index in [4.69, 9.17) is 0 Å². The summed E-state index contributed by atoms with van der Waals surface area (Å²) in [6, 6.07) is 8.81. The Kier molecular flexibility index (Phi) is 3.22. The molecular weight excluding hydrogens is 250 g/mol. The molecule has 0 saturated heterocycles. The number of hydrogen-bond donors (Lipinski definition) is 1. The van der Waals surface area contributed by atoms with Crippen LogP contribution in [0.2, 0.25) is 0 Å². The van der Waals surface area contributed by atoms with Gasteiger partial charge in [-0.05, 0) is 37.8 Å². The third-order valence-corrected chi connectivity index (χ3v) is 3.74. The van der Waals surface area contributed by atoms with E-state index in [0.29, 0.717) is 17.6 Å². The standard InChI is InChI=1S/C16H17N3O/c1-10-15(11(2)20)9-17-16(18-10)19-14-7-12-5-3-4-6-13(12)8-14/h3-6,9,14H,7-8H2,1-2H3,(H,17,18,19). The van der Waals surface area contributed by atoms with Crippen LogP contribution in [0.5, 0.6) is 0 Å². The van der Waals surface area contributed by atoms with Gasteiger partial charge >= 0.3 is 0 Å². The zero-order valence-corrected chi connectivity index (χ0v) is 11.7. The van der Waals surface area contributed by atoms with E-state index in [1.54, 1.807) is 6.20 Å². The normalized spacial score (nSPS) is 14.1. The first-order valence-corrected chi connectivity index (χ1v) is 6.81. The Morgan fingerprint density at radius 2 is 1.90 bits per heavy atom. The van der Waals surface area contributed by atoms with Crippen LogP contribution in [0.3, 0.4) is 0 Å². The number of aryl methyl sites for hydroxylation is 1. The zero-order valence-electron chi connectivity index (χ0n) is 11.7. The Morgan fingerprint density at radius 1 is 1.25 bits per heavy atom. The van der Waals surface area contributed by atoms with E-state index >= 15 is 0 Å². The molecule has 0 radical (unpaired) electrons. The van der Waals surface area contributed by atoms with Crippen LogP contribution in [0.1, 0.15) is 34.1 Å². The van der Waals surface area contributed by atoms with Gasteiger partial charge < -0.3 is 5.32 Å². The van der Waals surface area contributed by atoms with Gasteiger partial charge in [-0.2, -0.15) is 0 Å². The van der Waals surface area contributed by atoms with Gasteiger partial charge in [0.1, 0.15) is 0 Å². The van der Waals surface area contributed by atoms with Gasteiger partial charge in [0.15, 0.2) is 5.78 Å². The number of carbonyl (C=O) groups is 1. The summed E-state index contributed by atoms with van der Waals surface area (Å²) in [7, 11) is 0. The summed E-state index contributed by atoms with van der Waals surface area (Å²) < 4.78 is 0. The van der Waals surface area contributed by atoms with Gasteiger partial charge in [0.05, 0.1) is 11.3 Å². The molecule has 20 heavy (non-hydrogen) atoms. The van der Waals surface area contributed by atoms with Gasteiger partial charge in [-0.1, -0.05) is 24.3 Å². The second kappa shape index (κ2) is 5.04. The molecule has 0 unspecified atom stereocenters. The van der Waals surface area contributed by atoms with Crippen molar-refractivity contribution in [3.05, 3.63) is 52.8 Å². The first-order chi connectivity index (χ1) is 9.63. The number of rotatable bonds is 3. The molecule has 0 bridgehead atoms. The fraction of sp³-hybridized carbons (Fsp3) is 0.312. The maximum atomic E-state index is 11.4. The molecule has 4 heteroatoms. The van der Waals surface area contributed by atoms with Crippen LogP contribution in [0, 0.1) is 6.92 Å². The zero-order chi connectivity index (χ0) is 14.1. The van der Waals surface area contributed by atoms with Crippen LogP contribution in [0.25, 0.3) is 0 Å². The van der Waals surface area contributed by atoms with Crippen molar-refractivity contribution in [3.8, 4) is 0 Å². The van der Waals surface area contributed by atoms with E-state index < -0.39 is 0 Å². The number of aromatic nitrogens is 2. The molecule has 0 aliphatic heterocycles. The van der Waals surface area contributed by atoms with E-state index in [1.165, 1.54) is 18.1 Å². The lowest BCUT2D eigenvalue weighted by atomic mass is 10.1. The number of nitrogens with zero attached hydrogens (tertiary/aromatic N) is 2. The fourth-order valence-electron chi connectivity index (χ4n) is 2.73. The molecule has 0 atom stereocenters. The maximum Gasteiger partial charge on any atom is 0.223 e. The molecule has 1 aliphatic carbocycles. The summed E-state index contributed by atoms with van der Waals surface area (Å²) in [5, 5.41) is 3.36. The number of ketones is 1. The minimum absolute atomic E-state index is 0.00215. The summed E-state index contributed by atoms with van der Waals surface area (Å²) in [5.41, 5.74) is 4.10. The smallest absolute Gasteiger partial charge is 0.223 e. The average molecular weight is 267 g/mol. The van der Waals surface area contributed by atoms with Crippen molar-refractivity contribution in [2.45, 2.75) is 32.7 Å². The second-order valence-corrected chi connectivity index (χ2v) is 5.27. The molecular formula is C16H17N3O. The highest BCUT2D eigenvalue weighted by Crippen LogP contribution is 2.23. The minimum atomic E-state index is 0.00215. The Bertz CT molecular complexity index is 642. The molecule has 1 aromatic carbocycles. The summed E-state index contributed by atoms with van der Waals surface area (Å²) in [4.78, 5) is 20.0. The van der Waals surface area contributed by atoms with Crippen molar-refractivity contribution in [2.24, 2.45) is 0 Å². The number of nitrogens with one attached hydrogen (secondary N) is 1. The van der Waals surface area contributed by atoms with Crippen LogP contribution in [0.4, 0.5) is 5.95 Å². The van der Waals surface area contributed by atoms with Crippen LogP contribution in [-0.4, -0.2) is 21.8 Å². The highest BCUT2D eigenvalue weighted by atomic mass is 16.1. The summed E-state index contributed by atoms with van der Waals surface area (Å²) in [6.45, 7) is 3.37. The van der Waals surface area contributed by atoms with E-state index in [-0.39, 0.29) is 5.78 Å². The van der Waals surface area contributed by atoms with E-state index in [2.05, 4.69) is 39.6 Å². The monoisotopic (exact) mass is 267 g/mol. The van der Waals surface area contributed by atoms with Crippen LogP contribution in [-0.2, 0) is 12.8 Å². The van der Waals surface area contributed by atoms with Gasteiger partial charge in [-0.3, -0.25) is 4.79 Å². The molecule has 0 fully saturated rings. The Hall–Kier alpha value is -2.23. The average Bonchev–Trinajstić information content (AvgIpc) is 2.80. The van der Waals surface area contributed by atoms with Crippen LogP contribution >= 0.6 is 0 Å². The van der Waals surface area contributed by atoms with Crippen LogP contribution < -0.4 is 5.32 Å². The van der Waals surface area contributed by atoms with Crippen molar-refractivity contribution < 1.29 is 4.79 Å². The van der Waals surface area contributed by atoms with Gasteiger partial charge in [-0.15, -0.1) is 0 Å². The molecule has 1 aliphatic rings. The lowest BCUT2D eigenvalue weighted by Gasteiger charge is -2.12. The summed E-state index contributed by atoms with van der Waals surface area (Å²) >= 11 is 0. The Balaban J connectivity index is 1.74. The third-order valence-electron chi connectivity index (χ3n) is 3.74. The first-order valence-electron chi connectivity index (χ1n) is 6.81. The molecule has 2 aromatic rings. The van der Waals surface area contributed by atoms with Gasteiger partial charge in [0.25, 0.3) is 0 Å². The van der Waals surface area contributed by atoms with Crippen molar-refractivity contribution in [3.63, 3.8) is 0 Å². The Labute approximate surface area is 118 Å². The third kappa shape index (κ3) is 2.41. The maximum absolute atomic E-state index is 11.4. The predicted molar refractivity (Wildman–Crippen MR) is 78.0 cm³/mol. The SMILES string of the molecule is CC(=O)c1cnc(NC2Cc3ccccc3C2)nc1C. The highest BCUT2D eigenvalue weighted by molar-refractivity contribution is 5.94. The topological polar surface area (TPSA) is 54.9 Å². The fourth-order valence-corrected chi connectivity index (χ4v) is 2.73. The van der Waals surface area contributed by atoms with E-state index in [0.717, 1.165) is 18.5 Å². The lowest BCUT2D eigenvalue weighted by molar-refractivity contribution is 0.101. The summed E-state index contributed by atoms with van der Waals surface area (Å²) in [5.74, 6) is 0.604. The lowest BCUT2D eigenvalue weighted by Crippen LogP contribution is -2.21. The molecule has 3 rings (SSSR count).